The molecule has 0 radical (unpaired) electrons. The van der Waals surface area contributed by atoms with Crippen LogP contribution >= 0.6 is 27.5 Å². The molecule has 2 N–H and O–H groups in total. The van der Waals surface area contributed by atoms with Crippen LogP contribution in [0, 0.1) is 0 Å². The minimum Gasteiger partial charge on any atom is -0.324 e. The van der Waals surface area contributed by atoms with E-state index in [-0.39, 0.29) is 11.5 Å². The van der Waals surface area contributed by atoms with Crippen LogP contribution in [0.5, 0.6) is 0 Å². The van der Waals surface area contributed by atoms with Gasteiger partial charge in [-0.1, -0.05) is 72.6 Å². The van der Waals surface area contributed by atoms with E-state index >= 15 is 0 Å². The lowest BCUT2D eigenvalue weighted by molar-refractivity contribution is 0.589. The average Bonchev–Trinajstić information content (AvgIpc) is 2.41. The third-order valence-electron chi connectivity index (χ3n) is 3.63. The zero-order chi connectivity index (χ0) is 15.6. The predicted octanol–water partition coefficient (Wildman–Crippen LogP) is 5.64. The van der Waals surface area contributed by atoms with E-state index in [1.807, 2.05) is 18.2 Å². The summed E-state index contributed by atoms with van der Waals surface area (Å²) in [5.74, 6) is 0. The third kappa shape index (κ3) is 4.32. The molecule has 2 aromatic carbocycles. The van der Waals surface area contributed by atoms with Crippen molar-refractivity contribution in [3.63, 3.8) is 0 Å². The smallest absolute Gasteiger partial charge is 0.0454 e. The Morgan fingerprint density at radius 2 is 1.71 bits per heavy atom. The summed E-state index contributed by atoms with van der Waals surface area (Å²) in [6.45, 7) is 6.65. The molecule has 0 aliphatic heterocycles. The van der Waals surface area contributed by atoms with Crippen molar-refractivity contribution in [3.8, 4) is 0 Å². The highest BCUT2D eigenvalue weighted by Gasteiger charge is 2.15. The zero-order valence-corrected chi connectivity index (χ0v) is 15.0. The summed E-state index contributed by atoms with van der Waals surface area (Å²) in [6.07, 6.45) is 0.778. The fourth-order valence-electron chi connectivity index (χ4n) is 2.30. The first-order chi connectivity index (χ1) is 9.77. The summed E-state index contributed by atoms with van der Waals surface area (Å²) in [4.78, 5) is 0. The zero-order valence-electron chi connectivity index (χ0n) is 12.7. The van der Waals surface area contributed by atoms with Gasteiger partial charge in [0.2, 0.25) is 0 Å². The van der Waals surface area contributed by atoms with Crippen LogP contribution in [-0.2, 0) is 11.8 Å². The van der Waals surface area contributed by atoms with E-state index in [1.54, 1.807) is 0 Å². The molecule has 2 aromatic rings. The Kier molecular flexibility index (Phi) is 5.13. The van der Waals surface area contributed by atoms with Gasteiger partial charge in [0.05, 0.1) is 0 Å². The highest BCUT2D eigenvalue weighted by molar-refractivity contribution is 9.10. The van der Waals surface area contributed by atoms with E-state index in [1.165, 1.54) is 11.1 Å². The SMILES string of the molecule is CC(C)(C)c1ccc(CC(N)c2cc(Br)ccc2Cl)cc1. The molecule has 1 nitrogen and oxygen atoms in total. The molecular formula is C18H21BrClN. The van der Waals surface area contributed by atoms with Gasteiger partial charge in [-0.2, -0.15) is 0 Å². The molecule has 0 saturated heterocycles. The van der Waals surface area contributed by atoms with E-state index in [0.29, 0.717) is 0 Å². The molecule has 0 fully saturated rings. The van der Waals surface area contributed by atoms with Crippen LogP contribution < -0.4 is 5.73 Å². The van der Waals surface area contributed by atoms with Gasteiger partial charge in [-0.3, -0.25) is 0 Å². The van der Waals surface area contributed by atoms with E-state index in [2.05, 4.69) is 61.0 Å². The fraction of sp³-hybridized carbons (Fsp3) is 0.333. The maximum Gasteiger partial charge on any atom is 0.0454 e. The van der Waals surface area contributed by atoms with Gasteiger partial charge in [0, 0.05) is 15.5 Å². The van der Waals surface area contributed by atoms with Gasteiger partial charge in [-0.05, 0) is 46.7 Å². The molecule has 1 unspecified atom stereocenters. The van der Waals surface area contributed by atoms with Gasteiger partial charge in [-0.15, -0.1) is 0 Å². The molecular weight excluding hydrogens is 346 g/mol. The summed E-state index contributed by atoms with van der Waals surface area (Å²) in [5, 5.41) is 0.719. The monoisotopic (exact) mass is 365 g/mol. The number of hydrogen-bond acceptors (Lipinski definition) is 1. The lowest BCUT2D eigenvalue weighted by Gasteiger charge is -2.20. The summed E-state index contributed by atoms with van der Waals surface area (Å²) in [7, 11) is 0. The molecule has 1 atom stereocenters. The molecule has 0 bridgehead atoms. The molecule has 112 valence electrons. The Morgan fingerprint density at radius 1 is 1.10 bits per heavy atom. The third-order valence-corrected chi connectivity index (χ3v) is 4.47. The number of benzene rings is 2. The van der Waals surface area contributed by atoms with Gasteiger partial charge in [0.25, 0.3) is 0 Å². The molecule has 0 saturated carbocycles. The fourth-order valence-corrected chi connectivity index (χ4v) is 2.94. The number of halogens is 2. The van der Waals surface area contributed by atoms with Crippen molar-refractivity contribution in [2.45, 2.75) is 38.6 Å². The van der Waals surface area contributed by atoms with Crippen molar-refractivity contribution in [1.82, 2.24) is 0 Å². The second kappa shape index (κ2) is 6.51. The van der Waals surface area contributed by atoms with Crippen LogP contribution in [0.25, 0.3) is 0 Å². The summed E-state index contributed by atoms with van der Waals surface area (Å²) in [6, 6.07) is 14.4. The maximum atomic E-state index is 6.32. The van der Waals surface area contributed by atoms with E-state index in [0.717, 1.165) is 21.5 Å². The van der Waals surface area contributed by atoms with Crippen LogP contribution in [-0.4, -0.2) is 0 Å². The number of nitrogens with two attached hydrogens (primary N) is 1. The Morgan fingerprint density at radius 3 is 2.29 bits per heavy atom. The van der Waals surface area contributed by atoms with Crippen molar-refractivity contribution in [3.05, 3.63) is 68.7 Å². The molecule has 0 aromatic heterocycles. The lowest BCUT2D eigenvalue weighted by Crippen LogP contribution is -2.15. The molecule has 0 aliphatic rings. The molecule has 21 heavy (non-hydrogen) atoms. The second-order valence-electron chi connectivity index (χ2n) is 6.42. The Bertz CT molecular complexity index is 614. The molecule has 2 rings (SSSR count). The predicted molar refractivity (Wildman–Crippen MR) is 94.9 cm³/mol. The summed E-state index contributed by atoms with van der Waals surface area (Å²) >= 11 is 9.71. The largest absolute Gasteiger partial charge is 0.324 e. The first-order valence-electron chi connectivity index (χ1n) is 7.07. The van der Waals surface area contributed by atoms with Crippen molar-refractivity contribution in [2.75, 3.05) is 0 Å². The summed E-state index contributed by atoms with van der Waals surface area (Å²) < 4.78 is 1.00. The topological polar surface area (TPSA) is 26.0 Å². The van der Waals surface area contributed by atoms with Crippen molar-refractivity contribution in [1.29, 1.82) is 0 Å². The molecule has 0 heterocycles. The van der Waals surface area contributed by atoms with E-state index < -0.39 is 0 Å². The van der Waals surface area contributed by atoms with Crippen molar-refractivity contribution in [2.24, 2.45) is 5.73 Å². The quantitative estimate of drug-likeness (QED) is 0.747. The van der Waals surface area contributed by atoms with Gasteiger partial charge < -0.3 is 5.73 Å². The minimum atomic E-state index is -0.101. The highest BCUT2D eigenvalue weighted by Crippen LogP contribution is 2.28. The molecule has 3 heteroatoms. The number of hydrogen-bond donors (Lipinski definition) is 1. The second-order valence-corrected chi connectivity index (χ2v) is 7.75. The number of rotatable bonds is 3. The molecule has 0 amide bonds. The first-order valence-corrected chi connectivity index (χ1v) is 8.24. The van der Waals surface area contributed by atoms with Gasteiger partial charge in [0.15, 0.2) is 0 Å². The summed E-state index contributed by atoms with van der Waals surface area (Å²) in [5.41, 5.74) is 10.0. The van der Waals surface area contributed by atoms with Crippen LogP contribution in [0.3, 0.4) is 0 Å². The van der Waals surface area contributed by atoms with Gasteiger partial charge >= 0.3 is 0 Å². The Hall–Kier alpha value is -0.830. The van der Waals surface area contributed by atoms with Crippen LogP contribution in [0.4, 0.5) is 0 Å². The molecule has 0 aliphatic carbocycles. The highest BCUT2D eigenvalue weighted by atomic mass is 79.9. The Balaban J connectivity index is 2.16. The lowest BCUT2D eigenvalue weighted by atomic mass is 9.86. The normalized spacial score (nSPS) is 13.2. The van der Waals surface area contributed by atoms with Crippen molar-refractivity contribution < 1.29 is 0 Å². The van der Waals surface area contributed by atoms with E-state index in [4.69, 9.17) is 17.3 Å². The van der Waals surface area contributed by atoms with Gasteiger partial charge in [0.1, 0.15) is 0 Å². The van der Waals surface area contributed by atoms with Gasteiger partial charge in [-0.25, -0.2) is 0 Å². The van der Waals surface area contributed by atoms with Crippen molar-refractivity contribution >= 4 is 27.5 Å². The van der Waals surface area contributed by atoms with E-state index in [9.17, 15) is 0 Å². The minimum absolute atomic E-state index is 0.101. The standard InChI is InChI=1S/C18H21BrClN/c1-18(2,3)13-6-4-12(5-7-13)10-17(21)15-11-14(19)8-9-16(15)20/h4-9,11,17H,10,21H2,1-3H3. The molecule has 0 spiro atoms. The van der Waals surface area contributed by atoms with Crippen LogP contribution in [0.2, 0.25) is 5.02 Å². The Labute approximate surface area is 140 Å². The van der Waals surface area contributed by atoms with Crippen LogP contribution in [0.15, 0.2) is 46.9 Å². The van der Waals surface area contributed by atoms with Crippen LogP contribution in [0.1, 0.15) is 43.5 Å². The maximum absolute atomic E-state index is 6.32. The average molecular weight is 367 g/mol. The first kappa shape index (κ1) is 16.5.